The maximum atomic E-state index is 12.4. The molecule has 0 fully saturated rings. The van der Waals surface area contributed by atoms with Crippen molar-refractivity contribution in [1.82, 2.24) is 5.32 Å². The Balaban J connectivity index is 1.92. The Morgan fingerprint density at radius 2 is 2.04 bits per heavy atom. The van der Waals surface area contributed by atoms with Crippen LogP contribution in [0.2, 0.25) is 0 Å². The molecule has 132 valence electrons. The fraction of sp³-hybridized carbons (Fsp3) is 0.375. The largest absolute Gasteiger partial charge is 0.355 e. The van der Waals surface area contributed by atoms with Gasteiger partial charge in [-0.2, -0.15) is 0 Å². The summed E-state index contributed by atoms with van der Waals surface area (Å²) in [5.74, 6) is -0.110. The lowest BCUT2D eigenvalue weighted by Crippen LogP contribution is -2.22. The van der Waals surface area contributed by atoms with Crippen molar-refractivity contribution in [3.63, 3.8) is 0 Å². The lowest BCUT2D eigenvalue weighted by molar-refractivity contribution is -0.380. The summed E-state index contributed by atoms with van der Waals surface area (Å²) in [6, 6.07) is 2.73. The smallest absolute Gasteiger partial charge is 0.324 e. The summed E-state index contributed by atoms with van der Waals surface area (Å²) < 4.78 is 0. The van der Waals surface area contributed by atoms with Gasteiger partial charge in [-0.05, 0) is 36.8 Å². The molecule has 2 amide bonds. The average Bonchev–Trinajstić information content (AvgIpc) is 3.18. The Labute approximate surface area is 152 Å². The highest BCUT2D eigenvalue weighted by atomic mass is 32.1. The summed E-state index contributed by atoms with van der Waals surface area (Å²) in [6.07, 6.45) is 2.72. The van der Waals surface area contributed by atoms with Gasteiger partial charge in [0.05, 0.1) is 15.4 Å². The Morgan fingerprint density at radius 3 is 2.68 bits per heavy atom. The molecule has 2 aromatic heterocycles. The van der Waals surface area contributed by atoms with Gasteiger partial charge in [0.25, 0.3) is 11.8 Å². The summed E-state index contributed by atoms with van der Waals surface area (Å²) in [7, 11) is 1.56. The van der Waals surface area contributed by atoms with Crippen LogP contribution in [0.4, 0.5) is 10.0 Å². The molecule has 0 unspecified atom stereocenters. The van der Waals surface area contributed by atoms with E-state index in [0.717, 1.165) is 41.0 Å². The first-order chi connectivity index (χ1) is 11.9. The molecule has 3 rings (SSSR count). The summed E-state index contributed by atoms with van der Waals surface area (Å²) in [5.41, 5.74) is 1.53. The molecule has 0 bridgehead atoms. The van der Waals surface area contributed by atoms with Gasteiger partial charge in [0.15, 0.2) is 0 Å². The second kappa shape index (κ2) is 6.93. The summed E-state index contributed by atoms with van der Waals surface area (Å²) in [5, 5.41) is 16.6. The van der Waals surface area contributed by atoms with E-state index in [1.54, 1.807) is 7.05 Å². The second-order valence-electron chi connectivity index (χ2n) is 5.98. The molecule has 0 radical (unpaired) electrons. The van der Waals surface area contributed by atoms with Gasteiger partial charge in [0.1, 0.15) is 5.00 Å². The summed E-state index contributed by atoms with van der Waals surface area (Å²) in [4.78, 5) is 36.4. The van der Waals surface area contributed by atoms with Crippen LogP contribution in [0.25, 0.3) is 0 Å². The van der Waals surface area contributed by atoms with Crippen molar-refractivity contribution in [2.24, 2.45) is 5.92 Å². The summed E-state index contributed by atoms with van der Waals surface area (Å²) in [6.45, 7) is 2.17. The number of hydrogen-bond donors (Lipinski definition) is 2. The molecule has 1 aliphatic carbocycles. The lowest BCUT2D eigenvalue weighted by Gasteiger charge is -2.18. The third-order valence-corrected chi connectivity index (χ3v) is 6.39. The normalized spacial score (nSPS) is 16.2. The molecule has 0 spiro atoms. The van der Waals surface area contributed by atoms with E-state index in [1.807, 2.05) is 0 Å². The minimum absolute atomic E-state index is 0.0871. The highest BCUT2D eigenvalue weighted by Gasteiger charge is 2.28. The number of carbonyl (C=O) groups excluding carboxylic acids is 2. The van der Waals surface area contributed by atoms with Gasteiger partial charge in [0, 0.05) is 18.0 Å². The molecular weight excluding hydrogens is 362 g/mol. The third-order valence-electron chi connectivity index (χ3n) is 4.19. The number of fused-ring (bicyclic) bond motifs is 1. The Hall–Kier alpha value is -2.26. The predicted molar refractivity (Wildman–Crippen MR) is 97.8 cm³/mol. The Bertz CT molecular complexity index is 856. The van der Waals surface area contributed by atoms with Crippen LogP contribution in [0.3, 0.4) is 0 Å². The molecule has 0 aromatic carbocycles. The van der Waals surface area contributed by atoms with E-state index in [-0.39, 0.29) is 15.8 Å². The van der Waals surface area contributed by atoms with Crippen molar-refractivity contribution in [2.75, 3.05) is 12.4 Å². The predicted octanol–water partition coefficient (Wildman–Crippen LogP) is 3.45. The molecule has 2 aromatic rings. The SMILES string of the molecule is CNC(=O)c1c(NC(=O)c2ccc([N+](=O)[O-])s2)sc2c1CC[C@H](C)C2. The fourth-order valence-electron chi connectivity index (χ4n) is 2.92. The number of carbonyl (C=O) groups is 2. The highest BCUT2D eigenvalue weighted by molar-refractivity contribution is 7.18. The Kier molecular flexibility index (Phi) is 4.87. The van der Waals surface area contributed by atoms with E-state index in [2.05, 4.69) is 17.6 Å². The van der Waals surface area contributed by atoms with Crippen LogP contribution in [0.1, 0.15) is 43.8 Å². The van der Waals surface area contributed by atoms with Crippen LogP contribution in [0, 0.1) is 16.0 Å². The van der Waals surface area contributed by atoms with E-state index >= 15 is 0 Å². The maximum absolute atomic E-state index is 12.4. The molecule has 1 atom stereocenters. The molecular formula is C16H17N3O4S2. The van der Waals surface area contributed by atoms with E-state index in [4.69, 9.17) is 0 Å². The monoisotopic (exact) mass is 379 g/mol. The molecule has 0 saturated heterocycles. The first kappa shape index (κ1) is 17.6. The number of anilines is 1. The molecule has 2 N–H and O–H groups in total. The van der Waals surface area contributed by atoms with E-state index in [9.17, 15) is 19.7 Å². The quantitative estimate of drug-likeness (QED) is 0.627. The highest BCUT2D eigenvalue weighted by Crippen LogP contribution is 2.40. The van der Waals surface area contributed by atoms with Crippen LogP contribution in [-0.2, 0) is 12.8 Å². The van der Waals surface area contributed by atoms with Crippen molar-refractivity contribution < 1.29 is 14.5 Å². The van der Waals surface area contributed by atoms with Gasteiger partial charge in [-0.1, -0.05) is 18.3 Å². The molecule has 0 aliphatic heterocycles. The van der Waals surface area contributed by atoms with Gasteiger partial charge >= 0.3 is 5.00 Å². The van der Waals surface area contributed by atoms with Gasteiger partial charge in [0.2, 0.25) is 0 Å². The first-order valence-corrected chi connectivity index (χ1v) is 9.46. The van der Waals surface area contributed by atoms with Crippen molar-refractivity contribution in [3.05, 3.63) is 43.1 Å². The van der Waals surface area contributed by atoms with Crippen molar-refractivity contribution in [3.8, 4) is 0 Å². The number of thiophene rings is 2. The topological polar surface area (TPSA) is 101 Å². The van der Waals surface area contributed by atoms with E-state index in [0.29, 0.717) is 16.5 Å². The molecule has 0 saturated carbocycles. The number of hydrogen-bond acceptors (Lipinski definition) is 6. The number of nitrogens with one attached hydrogen (secondary N) is 2. The van der Waals surface area contributed by atoms with Gasteiger partial charge in [-0.3, -0.25) is 19.7 Å². The Morgan fingerprint density at radius 1 is 1.28 bits per heavy atom. The molecule has 7 nitrogen and oxygen atoms in total. The minimum Gasteiger partial charge on any atom is -0.355 e. The average molecular weight is 379 g/mol. The zero-order valence-electron chi connectivity index (χ0n) is 13.8. The molecule has 1 aliphatic rings. The van der Waals surface area contributed by atoms with Crippen LogP contribution in [0.15, 0.2) is 12.1 Å². The lowest BCUT2D eigenvalue weighted by atomic mass is 9.88. The zero-order valence-corrected chi connectivity index (χ0v) is 15.4. The second-order valence-corrected chi connectivity index (χ2v) is 8.15. The number of nitrogens with zero attached hydrogens (tertiary/aromatic N) is 1. The van der Waals surface area contributed by atoms with Gasteiger partial charge in [-0.15, -0.1) is 11.3 Å². The summed E-state index contributed by atoms with van der Waals surface area (Å²) >= 11 is 2.24. The van der Waals surface area contributed by atoms with E-state index in [1.165, 1.54) is 23.5 Å². The van der Waals surface area contributed by atoms with Crippen LogP contribution < -0.4 is 10.6 Å². The van der Waals surface area contributed by atoms with Crippen LogP contribution >= 0.6 is 22.7 Å². The maximum Gasteiger partial charge on any atom is 0.324 e. The van der Waals surface area contributed by atoms with Gasteiger partial charge in [-0.25, -0.2) is 0 Å². The fourth-order valence-corrected chi connectivity index (χ4v) is 5.04. The minimum atomic E-state index is -0.525. The number of rotatable bonds is 4. The zero-order chi connectivity index (χ0) is 18.1. The molecule has 25 heavy (non-hydrogen) atoms. The van der Waals surface area contributed by atoms with Crippen molar-refractivity contribution >= 4 is 44.5 Å². The van der Waals surface area contributed by atoms with Crippen LogP contribution in [0.5, 0.6) is 0 Å². The molecule has 9 heteroatoms. The number of nitro groups is 1. The number of amides is 2. The third kappa shape index (κ3) is 3.42. The van der Waals surface area contributed by atoms with Gasteiger partial charge < -0.3 is 10.6 Å². The standard InChI is InChI=1S/C16H17N3O4S2/c1-8-3-4-9-11(7-8)25-16(13(9)15(21)17-2)18-14(20)10-5-6-12(24-10)19(22)23/h5-6,8H,3-4,7H2,1-2H3,(H,17,21)(H,18,20)/t8-/m0/s1. The van der Waals surface area contributed by atoms with E-state index < -0.39 is 10.8 Å². The molecule has 2 heterocycles. The van der Waals surface area contributed by atoms with Crippen LogP contribution in [-0.4, -0.2) is 23.8 Å². The van der Waals surface area contributed by atoms with Crippen molar-refractivity contribution in [2.45, 2.75) is 26.2 Å². The van der Waals surface area contributed by atoms with Crippen molar-refractivity contribution in [1.29, 1.82) is 0 Å². The first-order valence-electron chi connectivity index (χ1n) is 7.83.